The Hall–Kier alpha value is -2.30. The van der Waals surface area contributed by atoms with E-state index < -0.39 is 0 Å². The zero-order chi connectivity index (χ0) is 13.8. The number of rotatable bonds is 4. The van der Waals surface area contributed by atoms with E-state index in [9.17, 15) is 4.79 Å². The molecule has 100 valence electrons. The Morgan fingerprint density at radius 1 is 1.32 bits per heavy atom. The maximum absolute atomic E-state index is 12.0. The molecule has 0 aliphatic heterocycles. The van der Waals surface area contributed by atoms with Crippen molar-refractivity contribution in [3.63, 3.8) is 0 Å². The van der Waals surface area contributed by atoms with Crippen molar-refractivity contribution in [1.82, 2.24) is 10.2 Å². The van der Waals surface area contributed by atoms with Crippen LogP contribution in [0.15, 0.2) is 24.3 Å². The normalized spacial score (nSPS) is 10.3. The van der Waals surface area contributed by atoms with Gasteiger partial charge in [-0.15, -0.1) is 0 Å². The first-order valence-electron chi connectivity index (χ1n) is 6.04. The van der Waals surface area contributed by atoms with Gasteiger partial charge >= 0.3 is 0 Å². The second kappa shape index (κ2) is 5.56. The number of aryl methyl sites for hydroxylation is 2. The van der Waals surface area contributed by atoms with Gasteiger partial charge in [-0.05, 0) is 31.5 Å². The van der Waals surface area contributed by atoms with Gasteiger partial charge in [-0.1, -0.05) is 12.1 Å². The summed E-state index contributed by atoms with van der Waals surface area (Å²) in [6.07, 6.45) is 0.327. The molecule has 2 aromatic rings. The number of ether oxygens (including phenoxy) is 1. The highest BCUT2D eigenvalue weighted by Crippen LogP contribution is 2.17. The average molecular weight is 259 g/mol. The van der Waals surface area contributed by atoms with Crippen LogP contribution >= 0.6 is 0 Å². The van der Waals surface area contributed by atoms with Gasteiger partial charge in [0, 0.05) is 0 Å². The number of aromatic amines is 1. The summed E-state index contributed by atoms with van der Waals surface area (Å²) in [5.74, 6) is 0.725. The molecular formula is C14H17N3O2. The van der Waals surface area contributed by atoms with Crippen molar-refractivity contribution in [1.29, 1.82) is 0 Å². The molecule has 0 aliphatic rings. The Balaban J connectivity index is 2.01. The molecule has 5 nitrogen and oxygen atoms in total. The van der Waals surface area contributed by atoms with Gasteiger partial charge in [0.05, 0.1) is 30.6 Å². The van der Waals surface area contributed by atoms with Gasteiger partial charge in [-0.3, -0.25) is 9.89 Å². The van der Waals surface area contributed by atoms with Crippen LogP contribution in [0, 0.1) is 13.8 Å². The molecule has 0 fully saturated rings. The molecule has 1 aromatic heterocycles. The fraction of sp³-hybridized carbons (Fsp3) is 0.286. The monoisotopic (exact) mass is 259 g/mol. The number of H-pyrrole nitrogens is 1. The number of nitrogens with zero attached hydrogens (tertiary/aromatic N) is 1. The maximum Gasteiger partial charge on any atom is 0.228 e. The third kappa shape index (κ3) is 3.13. The van der Waals surface area contributed by atoms with Gasteiger partial charge in [0.15, 0.2) is 0 Å². The molecule has 0 atom stereocenters. The third-order valence-electron chi connectivity index (χ3n) is 2.92. The van der Waals surface area contributed by atoms with Gasteiger partial charge in [0.2, 0.25) is 5.91 Å². The lowest BCUT2D eigenvalue weighted by Crippen LogP contribution is -2.15. The molecule has 1 heterocycles. The van der Waals surface area contributed by atoms with Crippen LogP contribution in [0.5, 0.6) is 5.75 Å². The molecule has 1 aromatic carbocycles. The highest BCUT2D eigenvalue weighted by molar-refractivity contribution is 5.93. The number of nitrogens with one attached hydrogen (secondary N) is 2. The fourth-order valence-corrected chi connectivity index (χ4v) is 1.85. The van der Waals surface area contributed by atoms with Crippen LogP contribution < -0.4 is 10.1 Å². The molecule has 5 heteroatoms. The Morgan fingerprint density at radius 3 is 2.53 bits per heavy atom. The summed E-state index contributed by atoms with van der Waals surface area (Å²) in [5.41, 5.74) is 3.36. The number of benzene rings is 1. The van der Waals surface area contributed by atoms with Gasteiger partial charge in [-0.2, -0.15) is 5.10 Å². The summed E-state index contributed by atoms with van der Waals surface area (Å²) in [6, 6.07) is 7.45. The minimum atomic E-state index is -0.0576. The molecule has 2 N–H and O–H groups in total. The standard InChI is InChI=1S/C14H17N3O2/c1-9-14(10(2)17-16-9)15-13(18)8-11-4-6-12(19-3)7-5-11/h4-7H,8H2,1-3H3,(H,15,18)(H,16,17). The molecule has 0 bridgehead atoms. The zero-order valence-corrected chi connectivity index (χ0v) is 11.3. The Kier molecular flexibility index (Phi) is 3.85. The summed E-state index contributed by atoms with van der Waals surface area (Å²) >= 11 is 0. The summed E-state index contributed by atoms with van der Waals surface area (Å²) in [5, 5.41) is 9.75. The molecule has 1 amide bonds. The first-order valence-corrected chi connectivity index (χ1v) is 6.04. The first kappa shape index (κ1) is 13.1. The van der Waals surface area contributed by atoms with Crippen molar-refractivity contribution in [3.05, 3.63) is 41.2 Å². The van der Waals surface area contributed by atoms with Gasteiger partial charge in [0.1, 0.15) is 5.75 Å². The summed E-state index contributed by atoms with van der Waals surface area (Å²) in [7, 11) is 1.62. The molecule has 0 saturated carbocycles. The van der Waals surface area contributed by atoms with E-state index in [0.717, 1.165) is 28.4 Å². The topological polar surface area (TPSA) is 67.0 Å². The molecule has 0 unspecified atom stereocenters. The Labute approximate surface area is 112 Å². The van der Waals surface area contributed by atoms with Crippen LogP contribution in [0.2, 0.25) is 0 Å². The molecule has 0 saturated heterocycles. The Bertz CT molecular complexity index is 553. The number of hydrogen-bond acceptors (Lipinski definition) is 3. The van der Waals surface area contributed by atoms with Crippen LogP contribution in [-0.4, -0.2) is 23.2 Å². The number of methoxy groups -OCH3 is 1. The minimum absolute atomic E-state index is 0.0576. The van der Waals surface area contributed by atoms with E-state index in [1.807, 2.05) is 38.1 Å². The largest absolute Gasteiger partial charge is 0.497 e. The lowest BCUT2D eigenvalue weighted by Gasteiger charge is -2.06. The summed E-state index contributed by atoms with van der Waals surface area (Å²) in [6.45, 7) is 3.73. The van der Waals surface area contributed by atoms with Gasteiger partial charge in [-0.25, -0.2) is 0 Å². The maximum atomic E-state index is 12.0. The smallest absolute Gasteiger partial charge is 0.228 e. The van der Waals surface area contributed by atoms with Crippen LogP contribution in [0.4, 0.5) is 5.69 Å². The number of aromatic nitrogens is 2. The summed E-state index contributed by atoms with van der Waals surface area (Å²) < 4.78 is 5.08. The number of anilines is 1. The molecule has 0 radical (unpaired) electrons. The van der Waals surface area contributed by atoms with E-state index in [1.54, 1.807) is 7.11 Å². The number of amides is 1. The fourth-order valence-electron chi connectivity index (χ4n) is 1.85. The molecule has 19 heavy (non-hydrogen) atoms. The number of carbonyl (C=O) groups excluding carboxylic acids is 1. The Morgan fingerprint density at radius 2 is 2.00 bits per heavy atom. The lowest BCUT2D eigenvalue weighted by molar-refractivity contribution is -0.115. The SMILES string of the molecule is COc1ccc(CC(=O)Nc2c(C)n[nH]c2C)cc1. The van der Waals surface area contributed by atoms with E-state index in [4.69, 9.17) is 4.74 Å². The van der Waals surface area contributed by atoms with Gasteiger partial charge in [0.25, 0.3) is 0 Å². The zero-order valence-electron chi connectivity index (χ0n) is 11.3. The van der Waals surface area contributed by atoms with Crippen molar-refractivity contribution in [2.45, 2.75) is 20.3 Å². The molecular weight excluding hydrogens is 242 g/mol. The first-order chi connectivity index (χ1) is 9.10. The predicted molar refractivity (Wildman–Crippen MR) is 73.4 cm³/mol. The average Bonchev–Trinajstić information content (AvgIpc) is 2.71. The van der Waals surface area contributed by atoms with Gasteiger partial charge < -0.3 is 10.1 Å². The second-order valence-corrected chi connectivity index (χ2v) is 4.38. The van der Waals surface area contributed by atoms with E-state index in [1.165, 1.54) is 0 Å². The van der Waals surface area contributed by atoms with E-state index in [0.29, 0.717) is 6.42 Å². The number of carbonyl (C=O) groups is 1. The minimum Gasteiger partial charge on any atom is -0.497 e. The summed E-state index contributed by atoms with van der Waals surface area (Å²) in [4.78, 5) is 12.0. The highest BCUT2D eigenvalue weighted by atomic mass is 16.5. The van der Waals surface area contributed by atoms with Crippen molar-refractivity contribution in [2.75, 3.05) is 12.4 Å². The van der Waals surface area contributed by atoms with Crippen LogP contribution in [0.1, 0.15) is 17.0 Å². The number of hydrogen-bond donors (Lipinski definition) is 2. The van der Waals surface area contributed by atoms with Crippen LogP contribution in [0.3, 0.4) is 0 Å². The van der Waals surface area contributed by atoms with Crippen LogP contribution in [0.25, 0.3) is 0 Å². The molecule has 2 rings (SSSR count). The highest BCUT2D eigenvalue weighted by Gasteiger charge is 2.10. The van der Waals surface area contributed by atoms with Crippen LogP contribution in [-0.2, 0) is 11.2 Å². The van der Waals surface area contributed by atoms with Crippen molar-refractivity contribution in [2.24, 2.45) is 0 Å². The lowest BCUT2D eigenvalue weighted by atomic mass is 10.1. The predicted octanol–water partition coefficient (Wildman–Crippen LogP) is 2.22. The van der Waals surface area contributed by atoms with Crippen molar-refractivity contribution < 1.29 is 9.53 Å². The van der Waals surface area contributed by atoms with E-state index in [2.05, 4.69) is 15.5 Å². The molecule has 0 aliphatic carbocycles. The second-order valence-electron chi connectivity index (χ2n) is 4.38. The van der Waals surface area contributed by atoms with E-state index in [-0.39, 0.29) is 5.91 Å². The van der Waals surface area contributed by atoms with Crippen molar-refractivity contribution >= 4 is 11.6 Å². The quantitative estimate of drug-likeness (QED) is 0.884. The van der Waals surface area contributed by atoms with E-state index >= 15 is 0 Å². The third-order valence-corrected chi connectivity index (χ3v) is 2.92. The molecule has 0 spiro atoms. The van der Waals surface area contributed by atoms with Crippen molar-refractivity contribution in [3.8, 4) is 5.75 Å².